The highest BCUT2D eigenvalue weighted by atomic mass is 15.1. The zero-order valence-electron chi connectivity index (χ0n) is 17.9. The number of benzene rings is 2. The van der Waals surface area contributed by atoms with Crippen molar-refractivity contribution in [2.45, 2.75) is 72.3 Å². The Morgan fingerprint density at radius 3 is 2.22 bits per heavy atom. The largest absolute Gasteiger partial charge is 0.216 e. The highest BCUT2D eigenvalue weighted by Crippen LogP contribution is 2.52. The number of aryl methyl sites for hydroxylation is 3. The molecule has 27 heavy (non-hydrogen) atoms. The van der Waals surface area contributed by atoms with E-state index in [1.807, 2.05) is 0 Å². The quantitative estimate of drug-likeness (QED) is 0.459. The number of hydrogen-bond donors (Lipinski definition) is 0. The van der Waals surface area contributed by atoms with Gasteiger partial charge in [0.05, 0.1) is 11.0 Å². The highest BCUT2D eigenvalue weighted by Gasteiger charge is 2.57. The predicted molar refractivity (Wildman–Crippen MR) is 115 cm³/mol. The molecule has 2 atom stereocenters. The Morgan fingerprint density at radius 2 is 1.56 bits per heavy atom. The second-order valence-electron chi connectivity index (χ2n) is 8.89. The lowest BCUT2D eigenvalue weighted by Gasteiger charge is -2.47. The summed E-state index contributed by atoms with van der Waals surface area (Å²) < 4.78 is 2.68. The Balaban J connectivity index is 2.30. The third-order valence-electron chi connectivity index (χ3n) is 7.51. The van der Waals surface area contributed by atoms with E-state index in [-0.39, 0.29) is 11.0 Å². The minimum absolute atomic E-state index is 0.0235. The molecule has 0 N–H and O–H groups in total. The SMILES string of the molecule is CCC1(C)c2c(C)cc(C)cc2-c2c(C)cc3ccccc3[n+]2C1(C)CC. The minimum atomic E-state index is 0.0235. The summed E-state index contributed by atoms with van der Waals surface area (Å²) in [4.78, 5) is 0. The zero-order valence-corrected chi connectivity index (χ0v) is 17.9. The molecular weight excluding hydrogens is 326 g/mol. The van der Waals surface area contributed by atoms with Crippen molar-refractivity contribution in [3.8, 4) is 11.3 Å². The topological polar surface area (TPSA) is 3.88 Å². The van der Waals surface area contributed by atoms with E-state index in [9.17, 15) is 0 Å². The van der Waals surface area contributed by atoms with Crippen LogP contribution in [0.2, 0.25) is 0 Å². The van der Waals surface area contributed by atoms with E-state index in [1.54, 1.807) is 5.56 Å². The highest BCUT2D eigenvalue weighted by molar-refractivity contribution is 5.81. The second-order valence-corrected chi connectivity index (χ2v) is 8.89. The lowest BCUT2D eigenvalue weighted by atomic mass is 9.59. The fourth-order valence-electron chi connectivity index (χ4n) is 5.77. The van der Waals surface area contributed by atoms with E-state index in [2.05, 4.69) is 95.5 Å². The minimum Gasteiger partial charge on any atom is -0.185 e. The molecule has 0 fully saturated rings. The molecule has 0 amide bonds. The van der Waals surface area contributed by atoms with Gasteiger partial charge in [0, 0.05) is 30.4 Å². The Bertz CT molecular complexity index is 1060. The van der Waals surface area contributed by atoms with Crippen LogP contribution in [0.1, 0.15) is 62.8 Å². The lowest BCUT2D eigenvalue weighted by Crippen LogP contribution is -2.68. The molecule has 1 aliphatic heterocycles. The molecule has 140 valence electrons. The van der Waals surface area contributed by atoms with Gasteiger partial charge in [-0.15, -0.1) is 0 Å². The maximum absolute atomic E-state index is 2.68. The molecule has 1 aliphatic rings. The summed E-state index contributed by atoms with van der Waals surface area (Å²) in [7, 11) is 0. The molecule has 2 heterocycles. The monoisotopic (exact) mass is 358 g/mol. The van der Waals surface area contributed by atoms with E-state index in [4.69, 9.17) is 0 Å². The Kier molecular flexibility index (Phi) is 4.00. The third kappa shape index (κ3) is 2.21. The number of rotatable bonds is 2. The Morgan fingerprint density at radius 1 is 0.852 bits per heavy atom. The number of fused-ring (bicyclic) bond motifs is 5. The van der Waals surface area contributed by atoms with E-state index < -0.39 is 0 Å². The summed E-state index contributed by atoms with van der Waals surface area (Å²) >= 11 is 0. The van der Waals surface area contributed by atoms with E-state index in [0.29, 0.717) is 0 Å². The van der Waals surface area contributed by atoms with Crippen LogP contribution >= 0.6 is 0 Å². The molecular formula is C26H32N+. The summed E-state index contributed by atoms with van der Waals surface area (Å²) in [5.74, 6) is 0. The molecule has 0 saturated heterocycles. The first-order valence-corrected chi connectivity index (χ1v) is 10.4. The van der Waals surface area contributed by atoms with Crippen molar-refractivity contribution in [2.75, 3.05) is 0 Å². The maximum atomic E-state index is 2.68. The van der Waals surface area contributed by atoms with Crippen LogP contribution in [0.3, 0.4) is 0 Å². The Labute approximate surface area is 164 Å². The van der Waals surface area contributed by atoms with Crippen LogP contribution in [0.4, 0.5) is 0 Å². The number of nitrogens with zero attached hydrogens (tertiary/aromatic N) is 1. The summed E-state index contributed by atoms with van der Waals surface area (Å²) in [5.41, 5.74) is 10.0. The number of hydrogen-bond acceptors (Lipinski definition) is 0. The lowest BCUT2D eigenvalue weighted by molar-refractivity contribution is -0.743. The van der Waals surface area contributed by atoms with E-state index in [1.165, 1.54) is 38.9 Å². The third-order valence-corrected chi connectivity index (χ3v) is 7.51. The molecule has 1 nitrogen and oxygen atoms in total. The summed E-state index contributed by atoms with van der Waals surface area (Å²) in [6, 6.07) is 16.0. The normalized spacial score (nSPS) is 24.0. The molecule has 0 bridgehead atoms. The molecule has 0 spiro atoms. The fraction of sp³-hybridized carbons (Fsp3) is 0.423. The maximum Gasteiger partial charge on any atom is 0.216 e. The fourth-order valence-corrected chi connectivity index (χ4v) is 5.77. The molecule has 3 aromatic rings. The van der Waals surface area contributed by atoms with Crippen LogP contribution in [-0.4, -0.2) is 0 Å². The number of aromatic nitrogens is 1. The van der Waals surface area contributed by atoms with Crippen LogP contribution in [0.15, 0.2) is 42.5 Å². The second kappa shape index (κ2) is 5.92. The van der Waals surface area contributed by atoms with Crippen molar-refractivity contribution >= 4 is 10.9 Å². The van der Waals surface area contributed by atoms with Gasteiger partial charge in [-0.1, -0.05) is 37.6 Å². The molecule has 0 saturated carbocycles. The van der Waals surface area contributed by atoms with E-state index >= 15 is 0 Å². The molecule has 4 rings (SSSR count). The molecule has 2 unspecified atom stereocenters. The van der Waals surface area contributed by atoms with Gasteiger partial charge >= 0.3 is 0 Å². The van der Waals surface area contributed by atoms with Gasteiger partial charge in [0.25, 0.3) is 0 Å². The average Bonchev–Trinajstić information content (AvgIpc) is 2.64. The van der Waals surface area contributed by atoms with Crippen molar-refractivity contribution in [1.29, 1.82) is 0 Å². The summed E-state index contributed by atoms with van der Waals surface area (Å²) in [6.07, 6.45) is 2.23. The zero-order chi connectivity index (χ0) is 19.6. The first-order chi connectivity index (χ1) is 12.8. The van der Waals surface area contributed by atoms with Crippen molar-refractivity contribution in [2.24, 2.45) is 0 Å². The van der Waals surface area contributed by atoms with Crippen LogP contribution in [0.5, 0.6) is 0 Å². The molecule has 0 aliphatic carbocycles. The molecule has 0 radical (unpaired) electrons. The standard InChI is InChI=1S/C26H32N/c1-8-25(6)23-18(4)14-17(3)15-21(23)24-19(5)16-20-12-10-11-13-22(20)27(24)26(25,7)9-2/h10-16H,8-9H2,1-7H3/q+1. The van der Waals surface area contributed by atoms with Crippen LogP contribution in [0.25, 0.3) is 22.2 Å². The average molecular weight is 359 g/mol. The predicted octanol–water partition coefficient (Wildman–Crippen LogP) is 6.53. The number of para-hydroxylation sites is 1. The summed E-state index contributed by atoms with van der Waals surface area (Å²) in [6.45, 7) is 16.5. The van der Waals surface area contributed by atoms with E-state index in [0.717, 1.165) is 12.8 Å². The molecule has 1 aromatic heterocycles. The van der Waals surface area contributed by atoms with Gasteiger partial charge in [0.1, 0.15) is 0 Å². The van der Waals surface area contributed by atoms with Crippen molar-refractivity contribution in [3.05, 3.63) is 64.7 Å². The summed E-state index contributed by atoms with van der Waals surface area (Å²) in [5, 5.41) is 1.34. The van der Waals surface area contributed by atoms with Gasteiger partial charge in [-0.05, 0) is 63.4 Å². The van der Waals surface area contributed by atoms with Gasteiger partial charge in [0.2, 0.25) is 11.2 Å². The first kappa shape index (κ1) is 18.2. The van der Waals surface area contributed by atoms with Gasteiger partial charge in [-0.25, -0.2) is 0 Å². The first-order valence-electron chi connectivity index (χ1n) is 10.4. The van der Waals surface area contributed by atoms with Gasteiger partial charge in [0.15, 0.2) is 5.54 Å². The van der Waals surface area contributed by atoms with Gasteiger partial charge in [-0.2, -0.15) is 4.57 Å². The Hall–Kier alpha value is -2.15. The number of pyridine rings is 1. The van der Waals surface area contributed by atoms with Crippen molar-refractivity contribution in [1.82, 2.24) is 0 Å². The molecule has 2 aromatic carbocycles. The molecule has 1 heteroatoms. The van der Waals surface area contributed by atoms with Crippen molar-refractivity contribution in [3.63, 3.8) is 0 Å². The van der Waals surface area contributed by atoms with Gasteiger partial charge < -0.3 is 0 Å². The van der Waals surface area contributed by atoms with Crippen LogP contribution < -0.4 is 4.57 Å². The van der Waals surface area contributed by atoms with Gasteiger partial charge in [-0.3, -0.25) is 0 Å². The smallest absolute Gasteiger partial charge is 0.185 e. The van der Waals surface area contributed by atoms with Crippen LogP contribution in [0, 0.1) is 20.8 Å². The van der Waals surface area contributed by atoms with Crippen molar-refractivity contribution < 1.29 is 4.57 Å². The van der Waals surface area contributed by atoms with Crippen LogP contribution in [-0.2, 0) is 11.0 Å².